The van der Waals surface area contributed by atoms with Gasteiger partial charge in [0.15, 0.2) is 0 Å². The average Bonchev–Trinajstić information content (AvgIpc) is 2.67. The molecule has 0 amide bonds. The number of rotatable bonds is 3. The van der Waals surface area contributed by atoms with Crippen molar-refractivity contribution < 1.29 is 5.11 Å². The fourth-order valence-corrected chi connectivity index (χ4v) is 3.50. The molecule has 122 valence electrons. The van der Waals surface area contributed by atoms with E-state index < -0.39 is 5.60 Å². The molecule has 0 aromatic heterocycles. The first-order chi connectivity index (χ1) is 12.2. The number of benzene rings is 4. The topological polar surface area (TPSA) is 20.2 Å². The molecule has 4 aromatic rings. The Morgan fingerprint density at radius 2 is 1.20 bits per heavy atom. The van der Waals surface area contributed by atoms with Gasteiger partial charge in [-0.1, -0.05) is 90.5 Å². The molecule has 0 radical (unpaired) electrons. The molecule has 0 spiro atoms. The second kappa shape index (κ2) is 6.36. The van der Waals surface area contributed by atoms with E-state index >= 15 is 0 Å². The Kier molecular flexibility index (Phi) is 4.04. The lowest BCUT2D eigenvalue weighted by Crippen LogP contribution is -2.28. The van der Waals surface area contributed by atoms with Crippen molar-refractivity contribution in [2.45, 2.75) is 5.60 Å². The van der Waals surface area contributed by atoms with Gasteiger partial charge in [-0.05, 0) is 45.7 Å². The maximum absolute atomic E-state index is 11.9. The van der Waals surface area contributed by atoms with Crippen LogP contribution in [-0.2, 0) is 5.60 Å². The van der Waals surface area contributed by atoms with Crippen LogP contribution >= 0.6 is 11.6 Å². The summed E-state index contributed by atoms with van der Waals surface area (Å²) in [6.07, 6.45) is 0. The van der Waals surface area contributed by atoms with E-state index in [1.54, 1.807) is 0 Å². The molecule has 2 heteroatoms. The van der Waals surface area contributed by atoms with Crippen LogP contribution in [0.1, 0.15) is 16.7 Å². The molecular weight excluding hydrogens is 328 g/mol. The van der Waals surface area contributed by atoms with Crippen LogP contribution in [0.3, 0.4) is 0 Å². The molecule has 0 heterocycles. The minimum atomic E-state index is -1.27. The maximum atomic E-state index is 11.9. The van der Waals surface area contributed by atoms with E-state index in [2.05, 4.69) is 12.1 Å². The van der Waals surface area contributed by atoms with Crippen molar-refractivity contribution >= 4 is 22.4 Å². The van der Waals surface area contributed by atoms with Crippen LogP contribution in [0.2, 0.25) is 5.02 Å². The van der Waals surface area contributed by atoms with E-state index in [4.69, 9.17) is 11.6 Å². The monoisotopic (exact) mass is 344 g/mol. The van der Waals surface area contributed by atoms with Crippen LogP contribution in [0.15, 0.2) is 97.1 Å². The van der Waals surface area contributed by atoms with E-state index in [0.717, 1.165) is 27.5 Å². The normalized spacial score (nSPS) is 13.5. The van der Waals surface area contributed by atoms with Gasteiger partial charge in [-0.2, -0.15) is 0 Å². The number of fused-ring (bicyclic) bond motifs is 1. The minimum absolute atomic E-state index is 0.604. The Morgan fingerprint density at radius 3 is 1.96 bits per heavy atom. The fraction of sp³-hybridized carbons (Fsp3) is 0.0435. The highest BCUT2D eigenvalue weighted by Gasteiger charge is 2.34. The minimum Gasteiger partial charge on any atom is -0.376 e. The largest absolute Gasteiger partial charge is 0.376 e. The number of halogens is 1. The van der Waals surface area contributed by atoms with E-state index in [1.807, 2.05) is 84.9 Å². The molecule has 1 N–H and O–H groups in total. The van der Waals surface area contributed by atoms with Crippen LogP contribution in [0.25, 0.3) is 10.8 Å². The van der Waals surface area contributed by atoms with E-state index in [0.29, 0.717) is 5.02 Å². The second-order valence-corrected chi connectivity index (χ2v) is 6.59. The van der Waals surface area contributed by atoms with Crippen LogP contribution in [0.4, 0.5) is 0 Å². The van der Waals surface area contributed by atoms with E-state index in [1.165, 1.54) is 0 Å². The fourth-order valence-electron chi connectivity index (χ4n) is 3.31. The molecule has 4 rings (SSSR count). The Labute approximate surface area is 152 Å². The SMILES string of the molecule is O[C@](c1ccccc1)(c1cccc(Cl)c1)c1ccc2ccccc2c1. The summed E-state index contributed by atoms with van der Waals surface area (Å²) in [4.78, 5) is 0. The van der Waals surface area contributed by atoms with Gasteiger partial charge in [0.05, 0.1) is 0 Å². The third kappa shape index (κ3) is 2.82. The summed E-state index contributed by atoms with van der Waals surface area (Å²) < 4.78 is 0. The van der Waals surface area contributed by atoms with Crippen LogP contribution in [0, 0.1) is 0 Å². The third-order valence-electron chi connectivity index (χ3n) is 4.60. The lowest BCUT2D eigenvalue weighted by atomic mass is 9.80. The van der Waals surface area contributed by atoms with Crippen LogP contribution < -0.4 is 0 Å². The Morgan fingerprint density at radius 1 is 0.560 bits per heavy atom. The van der Waals surface area contributed by atoms with Gasteiger partial charge >= 0.3 is 0 Å². The Balaban J connectivity index is 1.99. The molecule has 4 aromatic carbocycles. The summed E-state index contributed by atoms with van der Waals surface area (Å²) in [6.45, 7) is 0. The average molecular weight is 345 g/mol. The Hall–Kier alpha value is -2.61. The van der Waals surface area contributed by atoms with Crippen molar-refractivity contribution in [2.75, 3.05) is 0 Å². The smallest absolute Gasteiger partial charge is 0.140 e. The summed E-state index contributed by atoms with van der Waals surface area (Å²) in [5.41, 5.74) is 1.12. The lowest BCUT2D eigenvalue weighted by Gasteiger charge is -2.30. The standard InChI is InChI=1S/C23H17ClO/c24-22-12-6-11-20(16-22)23(25,19-9-2-1-3-10-19)21-14-13-17-7-4-5-8-18(17)15-21/h1-16,25H/t23-/m1/s1. The van der Waals surface area contributed by atoms with Gasteiger partial charge in [0.25, 0.3) is 0 Å². The van der Waals surface area contributed by atoms with Gasteiger partial charge in [-0.15, -0.1) is 0 Å². The van der Waals surface area contributed by atoms with Gasteiger partial charge in [-0.3, -0.25) is 0 Å². The molecule has 0 saturated carbocycles. The van der Waals surface area contributed by atoms with E-state index in [-0.39, 0.29) is 0 Å². The summed E-state index contributed by atoms with van der Waals surface area (Å²) in [5, 5.41) is 14.7. The van der Waals surface area contributed by atoms with Crippen molar-refractivity contribution in [2.24, 2.45) is 0 Å². The number of hydrogen-bond acceptors (Lipinski definition) is 1. The summed E-state index contributed by atoms with van der Waals surface area (Å²) in [5.74, 6) is 0. The summed E-state index contributed by atoms with van der Waals surface area (Å²) in [7, 11) is 0. The first-order valence-electron chi connectivity index (χ1n) is 8.21. The van der Waals surface area contributed by atoms with E-state index in [9.17, 15) is 5.11 Å². The van der Waals surface area contributed by atoms with Crippen molar-refractivity contribution in [3.8, 4) is 0 Å². The van der Waals surface area contributed by atoms with Crippen molar-refractivity contribution in [3.63, 3.8) is 0 Å². The van der Waals surface area contributed by atoms with Gasteiger partial charge in [-0.25, -0.2) is 0 Å². The highest BCUT2D eigenvalue weighted by molar-refractivity contribution is 6.30. The molecule has 0 saturated heterocycles. The first-order valence-corrected chi connectivity index (χ1v) is 8.59. The third-order valence-corrected chi connectivity index (χ3v) is 4.84. The molecule has 1 nitrogen and oxygen atoms in total. The first kappa shape index (κ1) is 15.9. The van der Waals surface area contributed by atoms with Crippen molar-refractivity contribution in [1.29, 1.82) is 0 Å². The molecular formula is C23H17ClO. The molecule has 25 heavy (non-hydrogen) atoms. The quantitative estimate of drug-likeness (QED) is 0.467. The zero-order valence-corrected chi connectivity index (χ0v) is 14.3. The summed E-state index contributed by atoms with van der Waals surface area (Å²) in [6, 6.07) is 31.3. The van der Waals surface area contributed by atoms with Crippen LogP contribution in [0.5, 0.6) is 0 Å². The molecule has 0 aliphatic heterocycles. The van der Waals surface area contributed by atoms with Gasteiger partial charge in [0.2, 0.25) is 0 Å². The zero-order valence-electron chi connectivity index (χ0n) is 13.6. The second-order valence-electron chi connectivity index (χ2n) is 6.15. The van der Waals surface area contributed by atoms with Crippen molar-refractivity contribution in [1.82, 2.24) is 0 Å². The molecule has 0 bridgehead atoms. The predicted molar refractivity (Wildman–Crippen MR) is 104 cm³/mol. The molecule has 0 unspecified atom stereocenters. The van der Waals surface area contributed by atoms with Gasteiger partial charge in [0.1, 0.15) is 5.60 Å². The zero-order chi connectivity index (χ0) is 17.3. The number of aliphatic hydroxyl groups is 1. The predicted octanol–water partition coefficient (Wildman–Crippen LogP) is 5.78. The maximum Gasteiger partial charge on any atom is 0.140 e. The van der Waals surface area contributed by atoms with Gasteiger partial charge < -0.3 is 5.11 Å². The summed E-state index contributed by atoms with van der Waals surface area (Å²) >= 11 is 6.21. The van der Waals surface area contributed by atoms with Crippen LogP contribution in [-0.4, -0.2) is 5.11 Å². The molecule has 0 aliphatic rings. The lowest BCUT2D eigenvalue weighted by molar-refractivity contribution is 0.126. The Bertz CT molecular complexity index is 1030. The molecule has 1 atom stereocenters. The highest BCUT2D eigenvalue weighted by Crippen LogP contribution is 2.38. The van der Waals surface area contributed by atoms with Crippen molar-refractivity contribution in [3.05, 3.63) is 119 Å². The molecule has 0 aliphatic carbocycles. The molecule has 0 fully saturated rings. The van der Waals surface area contributed by atoms with Gasteiger partial charge in [0, 0.05) is 5.02 Å². The number of hydrogen-bond donors (Lipinski definition) is 1. The highest BCUT2D eigenvalue weighted by atomic mass is 35.5.